The van der Waals surface area contributed by atoms with Crippen LogP contribution < -0.4 is 15.0 Å². The number of ether oxygens (including phenoxy) is 1. The van der Waals surface area contributed by atoms with Crippen LogP contribution in [0.3, 0.4) is 0 Å². The number of nitrogens with zero attached hydrogens (tertiary/aromatic N) is 1. The number of carbonyl (C=O) groups excluding carboxylic acids is 2. The molecule has 1 aliphatic carbocycles. The molecule has 1 N–H and O–H groups in total. The molecule has 7 nitrogen and oxygen atoms in total. The maximum atomic E-state index is 13.1. The Morgan fingerprint density at radius 2 is 1.72 bits per heavy atom. The summed E-state index contributed by atoms with van der Waals surface area (Å²) >= 11 is 0. The van der Waals surface area contributed by atoms with Gasteiger partial charge in [0, 0.05) is 18.3 Å². The van der Waals surface area contributed by atoms with E-state index in [1.807, 2.05) is 25.1 Å². The number of nitrogens with one attached hydrogen (secondary N) is 1. The molecule has 0 radical (unpaired) electrons. The van der Waals surface area contributed by atoms with Crippen LogP contribution in [0.2, 0.25) is 0 Å². The van der Waals surface area contributed by atoms with Crippen LogP contribution in [0, 0.1) is 12.8 Å². The highest BCUT2D eigenvalue weighted by Gasteiger charge is 2.29. The zero-order chi connectivity index (χ0) is 25.9. The third-order valence-electron chi connectivity index (χ3n) is 6.29. The van der Waals surface area contributed by atoms with Crippen LogP contribution in [0.4, 0.5) is 11.4 Å². The van der Waals surface area contributed by atoms with Gasteiger partial charge >= 0.3 is 0 Å². The Morgan fingerprint density at radius 1 is 1.03 bits per heavy atom. The van der Waals surface area contributed by atoms with Crippen molar-refractivity contribution in [2.24, 2.45) is 5.92 Å². The van der Waals surface area contributed by atoms with E-state index in [0.29, 0.717) is 27.6 Å². The van der Waals surface area contributed by atoms with Gasteiger partial charge in [-0.2, -0.15) is 0 Å². The summed E-state index contributed by atoms with van der Waals surface area (Å²) in [5, 5.41) is 2.85. The predicted octanol–water partition coefficient (Wildman–Crippen LogP) is 4.65. The summed E-state index contributed by atoms with van der Waals surface area (Å²) in [4.78, 5) is 27.5. The van der Waals surface area contributed by atoms with E-state index >= 15 is 0 Å². The fourth-order valence-electron chi connectivity index (χ4n) is 4.07. The predicted molar refractivity (Wildman–Crippen MR) is 140 cm³/mol. The number of benzene rings is 3. The number of anilines is 2. The number of aryl methyl sites for hydroxylation is 1. The molecule has 1 saturated carbocycles. The fourth-order valence-corrected chi connectivity index (χ4v) is 5.77. The Bertz CT molecular complexity index is 1380. The van der Waals surface area contributed by atoms with E-state index in [1.54, 1.807) is 62.7 Å². The second-order valence-electron chi connectivity index (χ2n) is 9.16. The maximum Gasteiger partial charge on any atom is 0.258 e. The molecular weight excluding hydrogens is 476 g/mol. The van der Waals surface area contributed by atoms with Crippen LogP contribution in [-0.4, -0.2) is 40.1 Å². The van der Waals surface area contributed by atoms with Gasteiger partial charge in [0.05, 0.1) is 29.9 Å². The Morgan fingerprint density at radius 3 is 2.36 bits per heavy atom. The first-order chi connectivity index (χ1) is 17.2. The molecule has 3 aromatic rings. The van der Waals surface area contributed by atoms with E-state index in [1.165, 1.54) is 4.90 Å². The van der Waals surface area contributed by atoms with Gasteiger partial charge in [-0.1, -0.05) is 24.3 Å². The van der Waals surface area contributed by atoms with E-state index in [0.717, 1.165) is 24.0 Å². The molecule has 0 aromatic heterocycles. The van der Waals surface area contributed by atoms with E-state index in [2.05, 4.69) is 5.32 Å². The minimum absolute atomic E-state index is 0.110. The lowest BCUT2D eigenvalue weighted by atomic mass is 10.1. The van der Waals surface area contributed by atoms with Crippen molar-refractivity contribution in [3.8, 4) is 5.75 Å². The van der Waals surface area contributed by atoms with E-state index in [9.17, 15) is 18.0 Å². The SMILES string of the molecule is COc1ccccc1N(C)C(=O)c1ccc(NC(=O)Cc2ccc(S(=O)(=O)CC3CC3)cc2)cc1C. The first-order valence-corrected chi connectivity index (χ1v) is 13.5. The lowest BCUT2D eigenvalue weighted by Crippen LogP contribution is -2.27. The highest BCUT2D eigenvalue weighted by Crippen LogP contribution is 2.32. The minimum Gasteiger partial charge on any atom is -0.495 e. The summed E-state index contributed by atoms with van der Waals surface area (Å²) in [7, 11) is -0.0202. The average molecular weight is 507 g/mol. The quantitative estimate of drug-likeness (QED) is 0.456. The molecule has 0 saturated heterocycles. The smallest absolute Gasteiger partial charge is 0.258 e. The number of amides is 2. The third kappa shape index (κ3) is 5.94. The van der Waals surface area contributed by atoms with Gasteiger partial charge in [0.25, 0.3) is 5.91 Å². The van der Waals surface area contributed by atoms with Crippen molar-refractivity contribution in [2.75, 3.05) is 30.1 Å². The van der Waals surface area contributed by atoms with Gasteiger partial charge < -0.3 is 15.0 Å². The van der Waals surface area contributed by atoms with Crippen LogP contribution in [-0.2, 0) is 21.1 Å². The van der Waals surface area contributed by atoms with Gasteiger partial charge in [-0.15, -0.1) is 0 Å². The highest BCUT2D eigenvalue weighted by atomic mass is 32.2. The van der Waals surface area contributed by atoms with Gasteiger partial charge in [0.2, 0.25) is 5.91 Å². The van der Waals surface area contributed by atoms with Gasteiger partial charge in [-0.25, -0.2) is 8.42 Å². The fraction of sp³-hybridized carbons (Fsp3) is 0.286. The minimum atomic E-state index is -3.27. The van der Waals surface area contributed by atoms with Crippen LogP contribution in [0.15, 0.2) is 71.6 Å². The van der Waals surface area contributed by atoms with E-state index in [4.69, 9.17) is 4.74 Å². The number of carbonyl (C=O) groups is 2. The number of rotatable bonds is 9. The molecule has 8 heteroatoms. The lowest BCUT2D eigenvalue weighted by Gasteiger charge is -2.21. The van der Waals surface area contributed by atoms with Crippen molar-refractivity contribution in [1.82, 2.24) is 0 Å². The second kappa shape index (κ2) is 10.5. The lowest BCUT2D eigenvalue weighted by molar-refractivity contribution is -0.115. The maximum absolute atomic E-state index is 13.1. The molecule has 1 fully saturated rings. The summed E-state index contributed by atoms with van der Waals surface area (Å²) in [6.45, 7) is 1.82. The molecule has 0 spiro atoms. The van der Waals surface area contributed by atoms with Crippen molar-refractivity contribution in [3.63, 3.8) is 0 Å². The Kier molecular flexibility index (Phi) is 7.45. The monoisotopic (exact) mass is 506 g/mol. The summed E-state index contributed by atoms with van der Waals surface area (Å²) in [5.41, 5.74) is 3.21. The third-order valence-corrected chi connectivity index (χ3v) is 8.19. The number of hydrogen-bond donors (Lipinski definition) is 1. The Hall–Kier alpha value is -3.65. The van der Waals surface area contributed by atoms with Crippen molar-refractivity contribution < 1.29 is 22.7 Å². The molecule has 3 aromatic carbocycles. The largest absolute Gasteiger partial charge is 0.495 e. The summed E-state index contributed by atoms with van der Waals surface area (Å²) < 4.78 is 30.2. The molecule has 0 atom stereocenters. The normalized spacial score (nSPS) is 13.2. The molecule has 36 heavy (non-hydrogen) atoms. The summed E-state index contributed by atoms with van der Waals surface area (Å²) in [6, 6.07) is 18.9. The zero-order valence-electron chi connectivity index (χ0n) is 20.7. The number of methoxy groups -OCH3 is 1. The molecule has 4 rings (SSSR count). The van der Waals surface area contributed by atoms with Crippen LogP contribution in [0.5, 0.6) is 5.75 Å². The van der Waals surface area contributed by atoms with Crippen molar-refractivity contribution in [2.45, 2.75) is 31.1 Å². The van der Waals surface area contributed by atoms with Crippen LogP contribution in [0.1, 0.15) is 34.3 Å². The Labute approximate surface area is 212 Å². The summed E-state index contributed by atoms with van der Waals surface area (Å²) in [6.07, 6.45) is 2.06. The van der Waals surface area contributed by atoms with E-state index < -0.39 is 9.84 Å². The first-order valence-electron chi connectivity index (χ1n) is 11.8. The van der Waals surface area contributed by atoms with Crippen molar-refractivity contribution >= 4 is 33.0 Å². The molecule has 1 aliphatic rings. The first kappa shape index (κ1) is 25.4. The highest BCUT2D eigenvalue weighted by molar-refractivity contribution is 7.91. The second-order valence-corrected chi connectivity index (χ2v) is 11.2. The molecule has 188 valence electrons. The van der Waals surface area contributed by atoms with Gasteiger partial charge in [-0.3, -0.25) is 9.59 Å². The van der Waals surface area contributed by atoms with Gasteiger partial charge in [-0.05, 0) is 79.3 Å². The van der Waals surface area contributed by atoms with Crippen LogP contribution >= 0.6 is 0 Å². The van der Waals surface area contributed by atoms with Crippen molar-refractivity contribution in [1.29, 1.82) is 0 Å². The number of hydrogen-bond acceptors (Lipinski definition) is 5. The Balaban J connectivity index is 1.39. The molecule has 0 bridgehead atoms. The van der Waals surface area contributed by atoms with Crippen molar-refractivity contribution in [3.05, 3.63) is 83.4 Å². The van der Waals surface area contributed by atoms with Crippen LogP contribution in [0.25, 0.3) is 0 Å². The molecule has 0 aliphatic heterocycles. The summed E-state index contributed by atoms with van der Waals surface area (Å²) in [5.74, 6) is 0.662. The number of para-hydroxylation sites is 2. The standard InChI is InChI=1S/C28H30N2O5S/c1-19-16-22(12-15-24(19)28(32)30(2)25-6-4-5-7-26(25)35-3)29-27(31)17-20-10-13-23(14-11-20)36(33,34)18-21-8-9-21/h4-7,10-16,21H,8-9,17-18H2,1-3H3,(H,29,31). The topological polar surface area (TPSA) is 92.8 Å². The molecule has 0 unspecified atom stereocenters. The number of sulfone groups is 1. The average Bonchev–Trinajstić information content (AvgIpc) is 3.67. The van der Waals surface area contributed by atoms with Gasteiger partial charge in [0.15, 0.2) is 9.84 Å². The molecule has 2 amide bonds. The molecule has 0 heterocycles. The van der Waals surface area contributed by atoms with Gasteiger partial charge in [0.1, 0.15) is 5.75 Å². The molecular formula is C28H30N2O5S. The van der Waals surface area contributed by atoms with E-state index in [-0.39, 0.29) is 29.9 Å². The zero-order valence-corrected chi connectivity index (χ0v) is 21.5.